The minimum absolute atomic E-state index is 0.00148. The minimum atomic E-state index is -0.514. The van der Waals surface area contributed by atoms with E-state index in [1.807, 2.05) is 0 Å². The van der Waals surface area contributed by atoms with Gasteiger partial charge in [-0.15, -0.1) is 0 Å². The Morgan fingerprint density at radius 2 is 1.48 bits per heavy atom. The average molecular weight is 312 g/mol. The Balaban J connectivity index is 1.91. The molecule has 1 aromatic carbocycles. The van der Waals surface area contributed by atoms with Crippen LogP contribution in [0, 0.1) is 17.3 Å². The van der Waals surface area contributed by atoms with Gasteiger partial charge in [-0.05, 0) is 42.9 Å². The molecule has 0 atom stereocenters. The third-order valence-corrected chi connectivity index (χ3v) is 5.49. The van der Waals surface area contributed by atoms with E-state index in [9.17, 15) is 14.7 Å². The molecule has 0 unspecified atom stereocenters. The topological polar surface area (TPSA) is 54.4 Å². The largest absolute Gasteiger partial charge is 0.507 e. The van der Waals surface area contributed by atoms with Crippen molar-refractivity contribution >= 4 is 17.3 Å². The number of carbonyl (C=O) groups is 2. The lowest BCUT2D eigenvalue weighted by Crippen LogP contribution is -2.32. The molecular weight excluding hydrogens is 288 g/mol. The third kappa shape index (κ3) is 2.73. The Kier molecular flexibility index (Phi) is 3.91. The van der Waals surface area contributed by atoms with Gasteiger partial charge in [0, 0.05) is 16.7 Å². The summed E-state index contributed by atoms with van der Waals surface area (Å²) in [5.74, 6) is -0.349. The van der Waals surface area contributed by atoms with Crippen molar-refractivity contribution in [3.05, 3.63) is 41.0 Å². The molecule has 1 aromatic rings. The normalized spacial score (nSPS) is 25.5. The van der Waals surface area contributed by atoms with Crippen molar-refractivity contribution in [2.45, 2.75) is 46.5 Å². The van der Waals surface area contributed by atoms with E-state index in [1.54, 1.807) is 24.3 Å². The second kappa shape index (κ2) is 5.63. The average Bonchev–Trinajstić information content (AvgIpc) is 2.53. The fraction of sp³-hybridized carbons (Fsp3) is 0.500. The Morgan fingerprint density at radius 3 is 2.04 bits per heavy atom. The highest BCUT2D eigenvalue weighted by Gasteiger charge is 2.39. The van der Waals surface area contributed by atoms with Crippen molar-refractivity contribution in [3.8, 4) is 0 Å². The molecule has 1 fully saturated rings. The summed E-state index contributed by atoms with van der Waals surface area (Å²) in [5, 5.41) is 10.6. The summed E-state index contributed by atoms with van der Waals surface area (Å²) in [6, 6.07) is 6.83. The molecule has 0 saturated heterocycles. The van der Waals surface area contributed by atoms with Crippen molar-refractivity contribution in [2.75, 3.05) is 0 Å². The van der Waals surface area contributed by atoms with Crippen LogP contribution in [0.4, 0.5) is 0 Å². The van der Waals surface area contributed by atoms with Crippen LogP contribution in [0.3, 0.4) is 0 Å². The molecule has 0 spiro atoms. The molecule has 1 N–H and O–H groups in total. The molecule has 3 nitrogen and oxygen atoms in total. The number of carbonyl (C=O) groups excluding carboxylic acids is 2. The number of ketones is 2. The first-order valence-electron chi connectivity index (χ1n) is 8.42. The van der Waals surface area contributed by atoms with Gasteiger partial charge in [-0.25, -0.2) is 0 Å². The van der Waals surface area contributed by atoms with E-state index in [0.717, 1.165) is 25.7 Å². The predicted molar refractivity (Wildman–Crippen MR) is 90.2 cm³/mol. The van der Waals surface area contributed by atoms with E-state index in [4.69, 9.17) is 0 Å². The highest BCUT2D eigenvalue weighted by atomic mass is 16.3. The smallest absolute Gasteiger partial charge is 0.234 e. The van der Waals surface area contributed by atoms with Crippen molar-refractivity contribution < 1.29 is 14.7 Å². The maximum Gasteiger partial charge on any atom is 0.234 e. The standard InChI is InChI=1S/C20H24O3/c1-20(2,3)13-10-8-12(9-11-13)16-17(21)14-6-4-5-7-15(14)18(22)19(16)23/h4-7,12-13,21H,8-11H2,1-3H3. The van der Waals surface area contributed by atoms with Crippen LogP contribution < -0.4 is 0 Å². The number of Topliss-reactive ketones (excluding diaryl/α,β-unsaturated/α-hetero) is 2. The van der Waals surface area contributed by atoms with Crippen LogP contribution in [-0.4, -0.2) is 16.7 Å². The van der Waals surface area contributed by atoms with Crippen LogP contribution in [-0.2, 0) is 4.79 Å². The molecule has 0 aromatic heterocycles. The van der Waals surface area contributed by atoms with Gasteiger partial charge in [0.2, 0.25) is 11.6 Å². The molecule has 2 aliphatic carbocycles. The van der Waals surface area contributed by atoms with Crippen LogP contribution in [0.15, 0.2) is 29.8 Å². The Labute approximate surface area is 137 Å². The van der Waals surface area contributed by atoms with Gasteiger partial charge in [0.15, 0.2) is 0 Å². The minimum Gasteiger partial charge on any atom is -0.507 e. The number of benzene rings is 1. The van der Waals surface area contributed by atoms with Crippen LogP contribution in [0.1, 0.15) is 62.4 Å². The number of hydrogen-bond donors (Lipinski definition) is 1. The quantitative estimate of drug-likeness (QED) is 0.773. The zero-order chi connectivity index (χ0) is 16.8. The molecule has 2 aliphatic rings. The first-order valence-corrected chi connectivity index (χ1v) is 8.42. The van der Waals surface area contributed by atoms with Crippen LogP contribution in [0.25, 0.3) is 5.76 Å². The summed E-state index contributed by atoms with van der Waals surface area (Å²) in [5.41, 5.74) is 1.44. The number of rotatable bonds is 1. The molecule has 3 heteroatoms. The van der Waals surface area contributed by atoms with E-state index < -0.39 is 11.6 Å². The Morgan fingerprint density at radius 1 is 0.913 bits per heavy atom. The SMILES string of the molecule is CC(C)(C)C1CCC(C2=C(O)c3ccccc3C(=O)C2=O)CC1. The summed E-state index contributed by atoms with van der Waals surface area (Å²) in [7, 11) is 0. The molecule has 0 radical (unpaired) electrons. The monoisotopic (exact) mass is 312 g/mol. The molecule has 0 aliphatic heterocycles. The van der Waals surface area contributed by atoms with Gasteiger partial charge < -0.3 is 5.11 Å². The molecule has 0 amide bonds. The number of aliphatic hydroxyl groups is 1. The lowest BCUT2D eigenvalue weighted by atomic mass is 9.67. The van der Waals surface area contributed by atoms with Gasteiger partial charge in [-0.2, -0.15) is 0 Å². The van der Waals surface area contributed by atoms with Crippen LogP contribution in [0.5, 0.6) is 0 Å². The third-order valence-electron chi connectivity index (χ3n) is 5.49. The van der Waals surface area contributed by atoms with Crippen molar-refractivity contribution in [2.24, 2.45) is 17.3 Å². The van der Waals surface area contributed by atoms with Crippen molar-refractivity contribution in [1.29, 1.82) is 0 Å². The first kappa shape index (κ1) is 16.0. The van der Waals surface area contributed by atoms with Crippen LogP contribution >= 0.6 is 0 Å². The zero-order valence-electron chi connectivity index (χ0n) is 14.1. The zero-order valence-corrected chi connectivity index (χ0v) is 14.1. The summed E-state index contributed by atoms with van der Waals surface area (Å²) in [6.07, 6.45) is 3.80. The molecule has 1 saturated carbocycles. The van der Waals surface area contributed by atoms with E-state index in [0.29, 0.717) is 22.6 Å². The summed E-state index contributed by atoms with van der Waals surface area (Å²) < 4.78 is 0. The summed E-state index contributed by atoms with van der Waals surface area (Å²) in [4.78, 5) is 24.9. The fourth-order valence-electron chi connectivity index (χ4n) is 4.01. The van der Waals surface area contributed by atoms with E-state index in [-0.39, 0.29) is 17.1 Å². The summed E-state index contributed by atoms with van der Waals surface area (Å²) in [6.45, 7) is 6.75. The predicted octanol–water partition coefficient (Wildman–Crippen LogP) is 4.57. The number of aliphatic hydroxyl groups excluding tert-OH is 1. The lowest BCUT2D eigenvalue weighted by Gasteiger charge is -2.38. The van der Waals surface area contributed by atoms with Crippen molar-refractivity contribution in [1.82, 2.24) is 0 Å². The Hall–Kier alpha value is -1.90. The van der Waals surface area contributed by atoms with Gasteiger partial charge in [-0.3, -0.25) is 9.59 Å². The molecular formula is C20H24O3. The van der Waals surface area contributed by atoms with Crippen molar-refractivity contribution in [3.63, 3.8) is 0 Å². The fourth-order valence-corrected chi connectivity index (χ4v) is 4.01. The van der Waals surface area contributed by atoms with Crippen LogP contribution in [0.2, 0.25) is 0 Å². The van der Waals surface area contributed by atoms with E-state index in [1.165, 1.54) is 0 Å². The van der Waals surface area contributed by atoms with Gasteiger partial charge in [0.1, 0.15) is 5.76 Å². The summed E-state index contributed by atoms with van der Waals surface area (Å²) >= 11 is 0. The van der Waals surface area contributed by atoms with E-state index >= 15 is 0 Å². The second-order valence-electron chi connectivity index (χ2n) is 7.88. The molecule has 0 bridgehead atoms. The van der Waals surface area contributed by atoms with Gasteiger partial charge in [0.25, 0.3) is 0 Å². The molecule has 122 valence electrons. The van der Waals surface area contributed by atoms with Gasteiger partial charge >= 0.3 is 0 Å². The maximum atomic E-state index is 12.5. The number of fused-ring (bicyclic) bond motifs is 1. The van der Waals surface area contributed by atoms with Gasteiger partial charge in [-0.1, -0.05) is 45.0 Å². The second-order valence-corrected chi connectivity index (χ2v) is 7.88. The number of hydrogen-bond acceptors (Lipinski definition) is 3. The molecule has 3 rings (SSSR count). The first-order chi connectivity index (χ1) is 10.8. The highest BCUT2D eigenvalue weighted by Crippen LogP contribution is 2.44. The highest BCUT2D eigenvalue weighted by molar-refractivity contribution is 6.52. The lowest BCUT2D eigenvalue weighted by molar-refractivity contribution is -0.112. The number of allylic oxidation sites excluding steroid dienone is 1. The van der Waals surface area contributed by atoms with E-state index in [2.05, 4.69) is 20.8 Å². The molecule has 23 heavy (non-hydrogen) atoms. The van der Waals surface area contributed by atoms with Gasteiger partial charge in [0.05, 0.1) is 0 Å². The maximum absolute atomic E-state index is 12.5. The molecule has 0 heterocycles. The Bertz CT molecular complexity index is 683.